The first-order valence-corrected chi connectivity index (χ1v) is 7.60. The van der Waals surface area contributed by atoms with E-state index in [0.717, 1.165) is 29.7 Å². The number of aromatic nitrogens is 1. The summed E-state index contributed by atoms with van der Waals surface area (Å²) in [6, 6.07) is 8.70. The van der Waals surface area contributed by atoms with Crippen molar-refractivity contribution in [3.05, 3.63) is 41.7 Å². The van der Waals surface area contributed by atoms with Gasteiger partial charge in [0.05, 0.1) is 0 Å². The Hall–Kier alpha value is -1.94. The van der Waals surface area contributed by atoms with Crippen LogP contribution in [0.15, 0.2) is 30.5 Å². The van der Waals surface area contributed by atoms with Crippen LogP contribution in [-0.4, -0.2) is 29.5 Å². The Morgan fingerprint density at radius 3 is 3.05 bits per heavy atom. The summed E-state index contributed by atoms with van der Waals surface area (Å²) in [6.07, 6.45) is 4.07. The number of nitrogens with one attached hydrogen (secondary N) is 2. The number of piperidine rings is 1. The van der Waals surface area contributed by atoms with E-state index in [1.807, 2.05) is 18.2 Å². The summed E-state index contributed by atoms with van der Waals surface area (Å²) in [6.45, 7) is 3.16. The van der Waals surface area contributed by atoms with Gasteiger partial charge < -0.3 is 10.6 Å². The maximum Gasteiger partial charge on any atom is 0.270 e. The average molecular weight is 281 g/mol. The summed E-state index contributed by atoms with van der Waals surface area (Å²) in [5.74, 6) is 0.673. The normalized spacial score (nSPS) is 27.2. The Bertz CT molecular complexity index is 712. The molecule has 1 amide bonds. The first-order chi connectivity index (χ1) is 10.2. The Labute approximate surface area is 124 Å². The monoisotopic (exact) mass is 281 g/mol. The summed E-state index contributed by atoms with van der Waals surface area (Å²) >= 11 is 0. The van der Waals surface area contributed by atoms with E-state index >= 15 is 0 Å². The molecule has 3 atom stereocenters. The van der Waals surface area contributed by atoms with Gasteiger partial charge in [0.15, 0.2) is 0 Å². The number of pyridine rings is 1. The average Bonchev–Trinajstić information content (AvgIpc) is 3.10. The van der Waals surface area contributed by atoms with Crippen molar-refractivity contribution in [2.24, 2.45) is 5.92 Å². The number of nitrogens with zero attached hydrogens (tertiary/aromatic N) is 1. The van der Waals surface area contributed by atoms with Crippen molar-refractivity contribution in [1.29, 1.82) is 0 Å². The minimum absolute atomic E-state index is 0.0560. The molecule has 1 aromatic carbocycles. The van der Waals surface area contributed by atoms with Crippen LogP contribution in [0.1, 0.15) is 28.9 Å². The molecule has 1 saturated carbocycles. The molecule has 4 nitrogen and oxygen atoms in total. The van der Waals surface area contributed by atoms with Gasteiger partial charge >= 0.3 is 0 Å². The largest absolute Gasteiger partial charge is 0.346 e. The molecule has 2 heterocycles. The maximum atomic E-state index is 12.4. The van der Waals surface area contributed by atoms with Gasteiger partial charge in [0.25, 0.3) is 5.91 Å². The molecule has 1 aliphatic carbocycles. The highest BCUT2D eigenvalue weighted by atomic mass is 16.1. The highest BCUT2D eigenvalue weighted by Crippen LogP contribution is 2.31. The van der Waals surface area contributed by atoms with Crippen molar-refractivity contribution in [3.63, 3.8) is 0 Å². The second kappa shape index (κ2) is 4.81. The molecule has 108 valence electrons. The van der Waals surface area contributed by atoms with Gasteiger partial charge in [0.1, 0.15) is 5.69 Å². The number of benzene rings is 1. The molecule has 0 radical (unpaired) electrons. The van der Waals surface area contributed by atoms with Gasteiger partial charge in [-0.25, -0.2) is 0 Å². The van der Waals surface area contributed by atoms with E-state index in [1.54, 1.807) is 6.20 Å². The zero-order valence-corrected chi connectivity index (χ0v) is 12.1. The van der Waals surface area contributed by atoms with Crippen LogP contribution < -0.4 is 10.6 Å². The number of aryl methyl sites for hydroxylation is 1. The van der Waals surface area contributed by atoms with Gasteiger partial charge in [-0.15, -0.1) is 0 Å². The Balaban J connectivity index is 1.58. The van der Waals surface area contributed by atoms with Crippen molar-refractivity contribution < 1.29 is 4.79 Å². The summed E-state index contributed by atoms with van der Waals surface area (Å²) in [4.78, 5) is 16.8. The van der Waals surface area contributed by atoms with Gasteiger partial charge in [0, 0.05) is 23.7 Å². The molecule has 2 bridgehead atoms. The van der Waals surface area contributed by atoms with Crippen LogP contribution in [0.4, 0.5) is 0 Å². The van der Waals surface area contributed by atoms with Crippen molar-refractivity contribution in [1.82, 2.24) is 15.6 Å². The molecule has 1 saturated heterocycles. The van der Waals surface area contributed by atoms with Gasteiger partial charge in [-0.2, -0.15) is 0 Å². The summed E-state index contributed by atoms with van der Waals surface area (Å²) < 4.78 is 0. The molecule has 2 aliphatic rings. The van der Waals surface area contributed by atoms with Crippen molar-refractivity contribution in [3.8, 4) is 0 Å². The van der Waals surface area contributed by atoms with E-state index in [1.165, 1.54) is 12.0 Å². The van der Waals surface area contributed by atoms with E-state index in [9.17, 15) is 4.79 Å². The molecular weight excluding hydrogens is 262 g/mol. The third-order valence-electron chi connectivity index (χ3n) is 4.86. The fourth-order valence-electron chi connectivity index (χ4n) is 3.71. The number of carbonyl (C=O) groups excluding carboxylic acids is 1. The van der Waals surface area contributed by atoms with E-state index in [0.29, 0.717) is 11.7 Å². The first kappa shape index (κ1) is 12.8. The molecule has 2 N–H and O–H groups in total. The topological polar surface area (TPSA) is 54.0 Å². The highest BCUT2D eigenvalue weighted by molar-refractivity contribution is 5.97. The number of hydrogen-bond acceptors (Lipinski definition) is 3. The minimum Gasteiger partial charge on any atom is -0.346 e. The molecule has 2 aromatic rings. The number of hydrogen-bond donors (Lipinski definition) is 2. The standard InChI is InChI=1S/C17H19N3O/c1-10-3-2-4-12-9-19-16(7-13(10)12)17(21)20-15-6-11-5-14(15)18-8-11/h2-4,7,9,11,14-15,18H,5-6,8H2,1H3,(H,20,21). The quantitative estimate of drug-likeness (QED) is 0.885. The zero-order chi connectivity index (χ0) is 14.4. The van der Waals surface area contributed by atoms with E-state index < -0.39 is 0 Å². The van der Waals surface area contributed by atoms with Gasteiger partial charge in [-0.3, -0.25) is 9.78 Å². The Kier molecular flexibility index (Phi) is 2.93. The van der Waals surface area contributed by atoms with Crippen LogP contribution in [0.3, 0.4) is 0 Å². The Morgan fingerprint density at radius 2 is 2.29 bits per heavy atom. The molecule has 21 heavy (non-hydrogen) atoms. The lowest BCUT2D eigenvalue weighted by atomic mass is 10.1. The van der Waals surface area contributed by atoms with Gasteiger partial charge in [-0.05, 0) is 49.2 Å². The second-order valence-corrected chi connectivity index (χ2v) is 6.30. The maximum absolute atomic E-state index is 12.4. The van der Waals surface area contributed by atoms with Gasteiger partial charge in [0.2, 0.25) is 0 Å². The van der Waals surface area contributed by atoms with Crippen LogP contribution in [0.2, 0.25) is 0 Å². The first-order valence-electron chi connectivity index (χ1n) is 7.60. The smallest absolute Gasteiger partial charge is 0.270 e. The summed E-state index contributed by atoms with van der Waals surface area (Å²) in [7, 11) is 0. The predicted octanol–water partition coefficient (Wildman–Crippen LogP) is 2.02. The fraction of sp³-hybridized carbons (Fsp3) is 0.412. The third kappa shape index (κ3) is 2.20. The van der Waals surface area contributed by atoms with E-state index in [-0.39, 0.29) is 11.9 Å². The third-order valence-corrected chi connectivity index (χ3v) is 4.86. The van der Waals surface area contributed by atoms with Crippen LogP contribution in [-0.2, 0) is 0 Å². The molecular formula is C17H19N3O. The van der Waals surface area contributed by atoms with Crippen LogP contribution in [0.5, 0.6) is 0 Å². The number of rotatable bonds is 2. The van der Waals surface area contributed by atoms with Gasteiger partial charge in [-0.1, -0.05) is 18.2 Å². The van der Waals surface area contributed by atoms with Crippen LogP contribution >= 0.6 is 0 Å². The zero-order valence-electron chi connectivity index (χ0n) is 12.1. The van der Waals surface area contributed by atoms with E-state index in [4.69, 9.17) is 0 Å². The van der Waals surface area contributed by atoms with E-state index in [2.05, 4.69) is 28.6 Å². The molecule has 1 aliphatic heterocycles. The van der Waals surface area contributed by atoms with Crippen LogP contribution in [0, 0.1) is 12.8 Å². The fourth-order valence-corrected chi connectivity index (χ4v) is 3.71. The molecule has 4 heteroatoms. The Morgan fingerprint density at radius 1 is 1.38 bits per heavy atom. The molecule has 3 unspecified atom stereocenters. The molecule has 4 rings (SSSR count). The molecule has 0 spiro atoms. The number of carbonyl (C=O) groups is 1. The lowest BCUT2D eigenvalue weighted by Gasteiger charge is -2.23. The SMILES string of the molecule is Cc1cccc2cnc(C(=O)NC3CC4CNC3C4)cc12. The number of fused-ring (bicyclic) bond motifs is 3. The molecule has 2 fully saturated rings. The summed E-state index contributed by atoms with van der Waals surface area (Å²) in [5, 5.41) is 8.79. The lowest BCUT2D eigenvalue weighted by molar-refractivity contribution is 0.0923. The minimum atomic E-state index is -0.0560. The number of amides is 1. The highest BCUT2D eigenvalue weighted by Gasteiger charge is 2.40. The molecule has 1 aromatic heterocycles. The lowest BCUT2D eigenvalue weighted by Crippen LogP contribution is -2.48. The van der Waals surface area contributed by atoms with Crippen molar-refractivity contribution in [2.75, 3.05) is 6.54 Å². The van der Waals surface area contributed by atoms with Crippen molar-refractivity contribution >= 4 is 16.7 Å². The predicted molar refractivity (Wildman–Crippen MR) is 82.2 cm³/mol. The van der Waals surface area contributed by atoms with Crippen LogP contribution in [0.25, 0.3) is 10.8 Å². The second-order valence-electron chi connectivity index (χ2n) is 6.30. The van der Waals surface area contributed by atoms with Crippen molar-refractivity contribution in [2.45, 2.75) is 31.8 Å². The summed E-state index contributed by atoms with van der Waals surface area (Å²) in [5.41, 5.74) is 1.69.